The molecule has 0 radical (unpaired) electrons. The van der Waals surface area contributed by atoms with Crippen LogP contribution < -0.4 is 5.32 Å². The minimum atomic E-state index is -0.252. The molecule has 1 aromatic rings. The van der Waals surface area contributed by atoms with Crippen LogP contribution in [0.25, 0.3) is 6.08 Å². The topological polar surface area (TPSA) is 38.3 Å². The van der Waals surface area contributed by atoms with E-state index in [9.17, 15) is 4.79 Å². The van der Waals surface area contributed by atoms with Gasteiger partial charge in [-0.3, -0.25) is 0 Å². The molecular weight excluding hydrogens is 274 g/mol. The number of hydrogen-bond donors (Lipinski definition) is 1. The van der Waals surface area contributed by atoms with E-state index in [0.717, 1.165) is 17.5 Å². The van der Waals surface area contributed by atoms with Crippen LogP contribution in [-0.4, -0.2) is 25.2 Å². The second-order valence-corrected chi connectivity index (χ2v) is 4.72. The van der Waals surface area contributed by atoms with E-state index in [1.54, 1.807) is 6.08 Å². The molecule has 1 rings (SSSR count). The molecule has 0 aliphatic heterocycles. The summed E-state index contributed by atoms with van der Waals surface area (Å²) < 4.78 is 5.27. The average molecular weight is 298 g/mol. The van der Waals surface area contributed by atoms with Crippen molar-refractivity contribution in [3.05, 3.63) is 41.5 Å². The monoisotopic (exact) mass is 297 g/mol. The van der Waals surface area contributed by atoms with Crippen LogP contribution in [-0.2, 0) is 11.2 Å². The maximum atomic E-state index is 12.0. The van der Waals surface area contributed by atoms with Gasteiger partial charge >= 0.3 is 5.97 Å². The number of hydrogen-bond acceptors (Lipinski definition) is 3. The van der Waals surface area contributed by atoms with Gasteiger partial charge in [-0.25, -0.2) is 4.79 Å². The number of carbonyl (C=O) groups is 1. The lowest BCUT2D eigenvalue weighted by Gasteiger charge is -2.11. The average Bonchev–Trinajstić information content (AvgIpc) is 2.42. The minimum Gasteiger partial charge on any atom is -0.461 e. The second-order valence-electron chi connectivity index (χ2n) is 4.72. The summed E-state index contributed by atoms with van der Waals surface area (Å²) in [6, 6.07) is 6.08. The van der Waals surface area contributed by atoms with Crippen molar-refractivity contribution in [2.24, 2.45) is 0 Å². The fourth-order valence-corrected chi connectivity index (χ4v) is 1.80. The largest absolute Gasteiger partial charge is 0.461 e. The fourth-order valence-electron chi connectivity index (χ4n) is 1.80. The molecule has 0 atom stereocenters. The number of carbonyl (C=O) groups excluding carboxylic acids is 1. The maximum absolute atomic E-state index is 12.0. The Morgan fingerprint density at radius 3 is 2.70 bits per heavy atom. The Kier molecular flexibility index (Phi) is 8.93. The molecule has 0 heterocycles. The summed E-state index contributed by atoms with van der Waals surface area (Å²) in [4.78, 5) is 12.0. The van der Waals surface area contributed by atoms with Gasteiger partial charge in [-0.2, -0.15) is 0 Å². The van der Waals surface area contributed by atoms with Gasteiger partial charge in [0, 0.05) is 12.6 Å². The predicted molar refractivity (Wildman–Crippen MR) is 86.6 cm³/mol. The van der Waals surface area contributed by atoms with Crippen LogP contribution >= 0.6 is 12.4 Å². The summed E-state index contributed by atoms with van der Waals surface area (Å²) in [5.74, 6) is -0.252. The summed E-state index contributed by atoms with van der Waals surface area (Å²) in [5, 5.41) is 3.21. The molecule has 0 aliphatic rings. The van der Waals surface area contributed by atoms with E-state index in [-0.39, 0.29) is 18.4 Å². The Bertz CT molecular complexity index is 444. The van der Waals surface area contributed by atoms with Crippen molar-refractivity contribution in [2.75, 3.05) is 13.2 Å². The summed E-state index contributed by atoms with van der Waals surface area (Å²) in [6.45, 7) is 11.0. The van der Waals surface area contributed by atoms with Crippen LogP contribution in [0.1, 0.15) is 42.3 Å². The van der Waals surface area contributed by atoms with Crippen molar-refractivity contribution in [3.8, 4) is 0 Å². The van der Waals surface area contributed by atoms with Gasteiger partial charge in [-0.05, 0) is 23.6 Å². The predicted octanol–water partition coefficient (Wildman–Crippen LogP) is 3.47. The third kappa shape index (κ3) is 5.76. The Balaban J connectivity index is 0.00000361. The molecule has 0 saturated carbocycles. The molecule has 0 aliphatic carbocycles. The molecule has 3 nitrogen and oxygen atoms in total. The van der Waals surface area contributed by atoms with Crippen LogP contribution in [0.3, 0.4) is 0 Å². The summed E-state index contributed by atoms with van der Waals surface area (Å²) in [6.07, 6.45) is 2.58. The van der Waals surface area contributed by atoms with Crippen molar-refractivity contribution >= 4 is 24.5 Å². The Morgan fingerprint density at radius 1 is 1.45 bits per heavy atom. The van der Waals surface area contributed by atoms with E-state index < -0.39 is 0 Å². The van der Waals surface area contributed by atoms with E-state index >= 15 is 0 Å². The van der Waals surface area contributed by atoms with E-state index in [4.69, 9.17) is 4.74 Å². The highest BCUT2D eigenvalue weighted by molar-refractivity contribution is 5.91. The van der Waals surface area contributed by atoms with Crippen LogP contribution in [0.4, 0.5) is 0 Å². The SMILES string of the molecule is C=Cc1ccc(C(=O)OCCNC(C)C)c(CC)c1.Cl. The molecule has 1 N–H and O–H groups in total. The lowest BCUT2D eigenvalue weighted by atomic mass is 10.0. The molecule has 0 saturated heterocycles. The molecule has 0 aromatic heterocycles. The van der Waals surface area contributed by atoms with Gasteiger partial charge in [0.15, 0.2) is 0 Å². The lowest BCUT2D eigenvalue weighted by Crippen LogP contribution is -2.27. The third-order valence-corrected chi connectivity index (χ3v) is 2.85. The van der Waals surface area contributed by atoms with Gasteiger partial charge in [0.25, 0.3) is 0 Å². The zero-order chi connectivity index (χ0) is 14.3. The maximum Gasteiger partial charge on any atom is 0.338 e. The number of esters is 1. The first-order valence-corrected chi connectivity index (χ1v) is 6.74. The van der Waals surface area contributed by atoms with Crippen LogP contribution in [0.15, 0.2) is 24.8 Å². The summed E-state index contributed by atoms with van der Waals surface area (Å²) >= 11 is 0. The van der Waals surface area contributed by atoms with Crippen molar-refractivity contribution in [2.45, 2.75) is 33.2 Å². The second kappa shape index (κ2) is 9.56. The highest BCUT2D eigenvalue weighted by Crippen LogP contribution is 2.15. The number of ether oxygens (including phenoxy) is 1. The number of benzene rings is 1. The van der Waals surface area contributed by atoms with E-state index in [1.807, 2.05) is 25.1 Å². The van der Waals surface area contributed by atoms with Crippen molar-refractivity contribution < 1.29 is 9.53 Å². The van der Waals surface area contributed by atoms with Gasteiger partial charge in [-0.15, -0.1) is 12.4 Å². The molecule has 1 aromatic carbocycles. The zero-order valence-electron chi connectivity index (χ0n) is 12.4. The standard InChI is InChI=1S/C16H23NO2.ClH/c1-5-13-7-8-15(14(6-2)11-13)16(18)19-10-9-17-12(3)4;/h5,7-8,11-12,17H,1,6,9-10H2,2-4H3;1H. The molecule has 0 unspecified atom stereocenters. The molecule has 0 fully saturated rings. The Labute approximate surface area is 127 Å². The van der Waals surface area contributed by atoms with Crippen LogP contribution in [0, 0.1) is 0 Å². The molecule has 0 amide bonds. The third-order valence-electron chi connectivity index (χ3n) is 2.85. The van der Waals surface area contributed by atoms with Gasteiger partial charge in [0.05, 0.1) is 5.56 Å². The smallest absolute Gasteiger partial charge is 0.338 e. The van der Waals surface area contributed by atoms with E-state index in [2.05, 4.69) is 25.7 Å². The van der Waals surface area contributed by atoms with Crippen LogP contribution in [0.5, 0.6) is 0 Å². The molecular formula is C16H24ClNO2. The van der Waals surface area contributed by atoms with Crippen molar-refractivity contribution in [1.82, 2.24) is 5.32 Å². The molecule has 0 spiro atoms. The van der Waals surface area contributed by atoms with Gasteiger partial charge in [-0.1, -0.05) is 45.6 Å². The Hall–Kier alpha value is -1.32. The normalized spacial score (nSPS) is 10.0. The van der Waals surface area contributed by atoms with Crippen LogP contribution in [0.2, 0.25) is 0 Å². The first kappa shape index (κ1) is 18.7. The van der Waals surface area contributed by atoms with E-state index in [1.165, 1.54) is 0 Å². The molecule has 112 valence electrons. The number of rotatable bonds is 7. The quantitative estimate of drug-likeness (QED) is 0.619. The first-order chi connectivity index (χ1) is 9.08. The highest BCUT2D eigenvalue weighted by atomic mass is 35.5. The van der Waals surface area contributed by atoms with E-state index in [0.29, 0.717) is 24.8 Å². The van der Waals surface area contributed by atoms with Crippen molar-refractivity contribution in [1.29, 1.82) is 0 Å². The summed E-state index contributed by atoms with van der Waals surface area (Å²) in [7, 11) is 0. The van der Waals surface area contributed by atoms with Gasteiger partial charge < -0.3 is 10.1 Å². The first-order valence-electron chi connectivity index (χ1n) is 6.74. The number of aryl methyl sites for hydroxylation is 1. The molecule has 4 heteroatoms. The highest BCUT2D eigenvalue weighted by Gasteiger charge is 2.11. The van der Waals surface area contributed by atoms with Gasteiger partial charge in [0.2, 0.25) is 0 Å². The number of nitrogens with one attached hydrogen (secondary N) is 1. The Morgan fingerprint density at radius 2 is 2.15 bits per heavy atom. The van der Waals surface area contributed by atoms with Crippen molar-refractivity contribution in [3.63, 3.8) is 0 Å². The number of halogens is 1. The zero-order valence-corrected chi connectivity index (χ0v) is 13.3. The summed E-state index contributed by atoms with van der Waals surface area (Å²) in [5.41, 5.74) is 2.67. The molecule has 20 heavy (non-hydrogen) atoms. The minimum absolute atomic E-state index is 0. The van der Waals surface area contributed by atoms with Gasteiger partial charge in [0.1, 0.15) is 6.61 Å². The fraction of sp³-hybridized carbons (Fsp3) is 0.438. The lowest BCUT2D eigenvalue weighted by molar-refractivity contribution is 0.0505. The molecule has 0 bridgehead atoms.